The highest BCUT2D eigenvalue weighted by Gasteiger charge is 2.47. The van der Waals surface area contributed by atoms with E-state index in [4.69, 9.17) is 9.47 Å². The van der Waals surface area contributed by atoms with Crippen LogP contribution in [-0.4, -0.2) is 86.4 Å². The first-order valence-corrected chi connectivity index (χ1v) is 12.1. The Balaban J connectivity index is 1.55. The number of aliphatic hydroxyl groups is 2. The van der Waals surface area contributed by atoms with Crippen LogP contribution < -0.4 is 4.90 Å². The fraction of sp³-hybridized carbons (Fsp3) is 0.391. The molecule has 3 aromatic rings. The van der Waals surface area contributed by atoms with Crippen molar-refractivity contribution in [2.24, 2.45) is 0 Å². The van der Waals surface area contributed by atoms with E-state index in [-0.39, 0.29) is 22.9 Å². The van der Waals surface area contributed by atoms with Crippen LogP contribution in [0.4, 0.5) is 19.0 Å². The lowest BCUT2D eigenvalue weighted by atomic mass is 9.97. The van der Waals surface area contributed by atoms with E-state index in [2.05, 4.69) is 15.3 Å². The van der Waals surface area contributed by atoms with Crippen molar-refractivity contribution in [2.45, 2.75) is 29.8 Å². The molecule has 37 heavy (non-hydrogen) atoms. The van der Waals surface area contributed by atoms with Gasteiger partial charge < -0.3 is 19.7 Å². The van der Waals surface area contributed by atoms with Gasteiger partial charge in [0, 0.05) is 25.9 Å². The fourth-order valence-corrected chi connectivity index (χ4v) is 5.12. The van der Waals surface area contributed by atoms with E-state index in [0.29, 0.717) is 5.82 Å². The quantitative estimate of drug-likeness (QED) is 0.413. The zero-order valence-electron chi connectivity index (χ0n) is 19.7. The molecule has 0 aliphatic carbocycles. The van der Waals surface area contributed by atoms with Gasteiger partial charge in [0.2, 0.25) is 5.91 Å². The van der Waals surface area contributed by atoms with Crippen LogP contribution in [0.1, 0.15) is 6.04 Å². The molecule has 3 heterocycles. The average molecular weight is 540 g/mol. The summed E-state index contributed by atoms with van der Waals surface area (Å²) >= 11 is 1.10. The van der Waals surface area contributed by atoms with E-state index >= 15 is 0 Å². The topological polar surface area (TPSA) is 123 Å². The van der Waals surface area contributed by atoms with Crippen LogP contribution in [0.3, 0.4) is 0 Å². The van der Waals surface area contributed by atoms with E-state index < -0.39 is 53.8 Å². The van der Waals surface area contributed by atoms with Crippen LogP contribution >= 0.6 is 11.8 Å². The minimum atomic E-state index is -1.61. The highest BCUT2D eigenvalue weighted by Crippen LogP contribution is 2.37. The molecule has 1 aliphatic heterocycles. The van der Waals surface area contributed by atoms with Gasteiger partial charge in [0.25, 0.3) is 0 Å². The number of aliphatic hydroxyl groups excluding tert-OH is 2. The van der Waals surface area contributed by atoms with Crippen molar-refractivity contribution >= 4 is 23.5 Å². The summed E-state index contributed by atoms with van der Waals surface area (Å²) in [6.45, 7) is -0.539. The fourth-order valence-electron chi connectivity index (χ4n) is 3.94. The Morgan fingerprint density at radius 3 is 2.62 bits per heavy atom. The van der Waals surface area contributed by atoms with Gasteiger partial charge in [0.1, 0.15) is 41.3 Å². The van der Waals surface area contributed by atoms with Crippen molar-refractivity contribution < 1.29 is 37.7 Å². The first-order valence-electron chi connectivity index (χ1n) is 11.1. The lowest BCUT2D eigenvalue weighted by Gasteiger charge is -2.43. The molecule has 1 fully saturated rings. The number of nitrogens with zero attached hydrogens (tertiary/aromatic N) is 5. The summed E-state index contributed by atoms with van der Waals surface area (Å²) in [7, 11) is 2.97. The second-order valence-corrected chi connectivity index (χ2v) is 9.28. The second kappa shape index (κ2) is 11.6. The van der Waals surface area contributed by atoms with E-state index in [0.717, 1.165) is 23.9 Å². The molecular formula is C23H24F3N5O5S. The summed E-state index contributed by atoms with van der Waals surface area (Å²) in [6.07, 6.45) is -0.350. The largest absolute Gasteiger partial charge is 0.394 e. The maximum atomic E-state index is 13.7. The van der Waals surface area contributed by atoms with Gasteiger partial charge in [-0.3, -0.25) is 9.69 Å². The van der Waals surface area contributed by atoms with Gasteiger partial charge >= 0.3 is 0 Å². The van der Waals surface area contributed by atoms with Crippen molar-refractivity contribution in [3.63, 3.8) is 0 Å². The van der Waals surface area contributed by atoms with Crippen molar-refractivity contribution in [1.29, 1.82) is 0 Å². The number of rotatable bonds is 8. The maximum Gasteiger partial charge on any atom is 0.237 e. The molecule has 4 rings (SSSR count). The molecule has 10 nitrogen and oxygen atoms in total. The van der Waals surface area contributed by atoms with Gasteiger partial charge in [-0.15, -0.1) is 16.9 Å². The molecule has 1 aliphatic rings. The molecule has 5 atom stereocenters. The lowest BCUT2D eigenvalue weighted by molar-refractivity contribution is -0.186. The predicted molar refractivity (Wildman–Crippen MR) is 127 cm³/mol. The molecule has 1 amide bonds. The monoisotopic (exact) mass is 539 g/mol. The third-order valence-corrected chi connectivity index (χ3v) is 7.05. The number of hydrogen-bond acceptors (Lipinski definition) is 9. The van der Waals surface area contributed by atoms with Crippen molar-refractivity contribution in [2.75, 3.05) is 31.4 Å². The first-order chi connectivity index (χ1) is 17.7. The molecule has 1 saturated heterocycles. The number of amides is 1. The van der Waals surface area contributed by atoms with E-state index in [1.807, 2.05) is 0 Å². The van der Waals surface area contributed by atoms with Gasteiger partial charge in [0.05, 0.1) is 18.6 Å². The Morgan fingerprint density at radius 2 is 2.00 bits per heavy atom. The standard InChI is InChI=1S/C23H24F3N5O5S/c1-30(17-5-3-4-6-27-17)18(33)11-37-23-22(35-2)20(21(34)16(10-32)36-23)31-9-15(28-29-31)12-7-13(24)19(26)14(25)8-12/h3-9,16,20-23,32,34H,10-11H2,1-2H3/t16-,20+,21+,22-,23+/m1/s1. The van der Waals surface area contributed by atoms with Crippen LogP contribution in [0.25, 0.3) is 11.3 Å². The van der Waals surface area contributed by atoms with Crippen LogP contribution in [0.15, 0.2) is 42.7 Å². The molecule has 2 N–H and O–H groups in total. The van der Waals surface area contributed by atoms with Gasteiger partial charge in [0.15, 0.2) is 17.5 Å². The zero-order valence-corrected chi connectivity index (χ0v) is 20.6. The number of aromatic nitrogens is 4. The van der Waals surface area contributed by atoms with Crippen molar-refractivity contribution in [3.8, 4) is 11.3 Å². The molecule has 0 bridgehead atoms. The number of pyridine rings is 1. The van der Waals surface area contributed by atoms with Crippen LogP contribution in [0, 0.1) is 17.5 Å². The number of carbonyl (C=O) groups is 1. The number of thioether (sulfide) groups is 1. The number of methoxy groups -OCH3 is 1. The molecule has 14 heteroatoms. The summed E-state index contributed by atoms with van der Waals surface area (Å²) < 4.78 is 53.4. The first kappa shape index (κ1) is 27.0. The Kier molecular flexibility index (Phi) is 8.44. The van der Waals surface area contributed by atoms with E-state index in [1.165, 1.54) is 22.9 Å². The minimum Gasteiger partial charge on any atom is -0.394 e. The van der Waals surface area contributed by atoms with Gasteiger partial charge in [-0.05, 0) is 24.3 Å². The summed E-state index contributed by atoms with van der Waals surface area (Å²) in [5.41, 5.74) is -0.862. The summed E-state index contributed by atoms with van der Waals surface area (Å²) in [4.78, 5) is 18.3. The van der Waals surface area contributed by atoms with Crippen LogP contribution in [0.2, 0.25) is 0 Å². The number of ether oxygens (including phenoxy) is 2. The van der Waals surface area contributed by atoms with Crippen molar-refractivity contribution in [3.05, 3.63) is 60.2 Å². The Labute approximate surface area is 214 Å². The van der Waals surface area contributed by atoms with Crippen LogP contribution in [-0.2, 0) is 14.3 Å². The predicted octanol–water partition coefficient (Wildman–Crippen LogP) is 1.79. The molecule has 1 aromatic carbocycles. The third kappa shape index (κ3) is 5.62. The lowest BCUT2D eigenvalue weighted by Crippen LogP contribution is -2.55. The third-order valence-electron chi connectivity index (χ3n) is 5.93. The zero-order chi connectivity index (χ0) is 26.7. The van der Waals surface area contributed by atoms with E-state index in [9.17, 15) is 28.2 Å². The molecule has 198 valence electrons. The number of halogens is 3. The molecule has 0 spiro atoms. The number of benzene rings is 1. The van der Waals surface area contributed by atoms with E-state index in [1.54, 1.807) is 31.4 Å². The van der Waals surface area contributed by atoms with Gasteiger partial charge in [-0.1, -0.05) is 11.3 Å². The summed E-state index contributed by atoms with van der Waals surface area (Å²) in [5, 5.41) is 28.6. The Bertz CT molecular complexity index is 1210. The normalized spacial score (nSPS) is 23.7. The molecule has 0 radical (unpaired) electrons. The number of carbonyl (C=O) groups excluding carboxylic acids is 1. The second-order valence-electron chi connectivity index (χ2n) is 8.20. The smallest absolute Gasteiger partial charge is 0.237 e. The molecular weight excluding hydrogens is 515 g/mol. The molecule has 2 aromatic heterocycles. The summed E-state index contributed by atoms with van der Waals surface area (Å²) in [6, 6.07) is 5.78. The highest BCUT2D eigenvalue weighted by molar-refractivity contribution is 8.00. The SMILES string of the molecule is CO[C@@H]1[C@@H](n2cc(-c3cc(F)c(F)c(F)c3)nn2)[C@@H](O)[C@@H](CO)O[C@H]1SCC(=O)N(C)c1ccccn1. The van der Waals surface area contributed by atoms with Crippen LogP contribution in [0.5, 0.6) is 0 Å². The summed E-state index contributed by atoms with van der Waals surface area (Å²) in [5.74, 6) is -4.22. The molecule has 0 saturated carbocycles. The van der Waals surface area contributed by atoms with Crippen molar-refractivity contribution in [1.82, 2.24) is 20.0 Å². The maximum absolute atomic E-state index is 13.7. The number of hydrogen-bond donors (Lipinski definition) is 2. The Hall–Kier alpha value is -3.04. The average Bonchev–Trinajstić information content (AvgIpc) is 3.40. The molecule has 0 unspecified atom stereocenters. The van der Waals surface area contributed by atoms with Gasteiger partial charge in [-0.2, -0.15) is 0 Å². The Morgan fingerprint density at radius 1 is 1.27 bits per heavy atom. The number of anilines is 1. The van der Waals surface area contributed by atoms with Gasteiger partial charge in [-0.25, -0.2) is 22.8 Å². The minimum absolute atomic E-state index is 0.0169. The highest BCUT2D eigenvalue weighted by atomic mass is 32.2.